The molecule has 2 aromatic carbocycles. The third-order valence-corrected chi connectivity index (χ3v) is 6.26. The monoisotopic (exact) mass is 432 g/mol. The van der Waals surface area contributed by atoms with Gasteiger partial charge in [-0.2, -0.15) is 0 Å². The van der Waals surface area contributed by atoms with Gasteiger partial charge in [0.25, 0.3) is 0 Å². The molecule has 0 saturated carbocycles. The third-order valence-electron chi connectivity index (χ3n) is 5.07. The molecule has 0 saturated heterocycles. The van der Waals surface area contributed by atoms with Gasteiger partial charge in [0.2, 0.25) is 15.9 Å². The van der Waals surface area contributed by atoms with Gasteiger partial charge in [0.05, 0.1) is 25.1 Å². The maximum Gasteiger partial charge on any atom is 0.232 e. The van der Waals surface area contributed by atoms with E-state index in [-0.39, 0.29) is 24.9 Å². The van der Waals surface area contributed by atoms with Crippen LogP contribution in [0, 0.1) is 13.8 Å². The third kappa shape index (κ3) is 6.49. The second-order valence-electron chi connectivity index (χ2n) is 7.53. The van der Waals surface area contributed by atoms with Crippen molar-refractivity contribution in [2.45, 2.75) is 46.1 Å². The number of hydrogen-bond donors (Lipinski definition) is 1. The zero-order valence-corrected chi connectivity index (χ0v) is 19.3. The molecule has 0 spiro atoms. The number of nitrogens with one attached hydrogen (secondary N) is 1. The van der Waals surface area contributed by atoms with Crippen LogP contribution in [0.5, 0.6) is 5.75 Å². The van der Waals surface area contributed by atoms with Gasteiger partial charge in [-0.3, -0.25) is 9.10 Å². The van der Waals surface area contributed by atoms with Crippen molar-refractivity contribution in [3.05, 3.63) is 59.2 Å². The molecule has 0 bridgehead atoms. The van der Waals surface area contributed by atoms with E-state index in [0.29, 0.717) is 17.9 Å². The Hall–Kier alpha value is -2.54. The number of methoxy groups -OCH3 is 1. The molecule has 1 N–H and O–H groups in total. The SMILES string of the molecule is CCC(NC(=O)CCCN(c1ccc(OC)cc1)S(C)(=O)=O)c1ccc(C)cc1C. The highest BCUT2D eigenvalue weighted by molar-refractivity contribution is 7.92. The first-order valence-electron chi connectivity index (χ1n) is 10.1. The van der Waals surface area contributed by atoms with E-state index in [0.717, 1.165) is 17.5 Å². The smallest absolute Gasteiger partial charge is 0.232 e. The Morgan fingerprint density at radius 1 is 1.13 bits per heavy atom. The molecule has 0 aromatic heterocycles. The van der Waals surface area contributed by atoms with E-state index in [2.05, 4.69) is 30.4 Å². The molecule has 164 valence electrons. The van der Waals surface area contributed by atoms with Crippen molar-refractivity contribution < 1.29 is 17.9 Å². The molecule has 0 aliphatic heterocycles. The van der Waals surface area contributed by atoms with Gasteiger partial charge in [0, 0.05) is 13.0 Å². The predicted molar refractivity (Wildman–Crippen MR) is 122 cm³/mol. The summed E-state index contributed by atoms with van der Waals surface area (Å²) in [5.41, 5.74) is 4.02. The van der Waals surface area contributed by atoms with Gasteiger partial charge in [-0.15, -0.1) is 0 Å². The Labute approximate surface area is 180 Å². The van der Waals surface area contributed by atoms with Crippen molar-refractivity contribution in [2.24, 2.45) is 0 Å². The highest BCUT2D eigenvalue weighted by atomic mass is 32.2. The van der Waals surface area contributed by atoms with E-state index < -0.39 is 10.0 Å². The molecule has 0 fully saturated rings. The van der Waals surface area contributed by atoms with Gasteiger partial charge >= 0.3 is 0 Å². The van der Waals surface area contributed by atoms with E-state index in [1.165, 1.54) is 16.1 Å². The lowest BCUT2D eigenvalue weighted by molar-refractivity contribution is -0.121. The average molecular weight is 433 g/mol. The lowest BCUT2D eigenvalue weighted by atomic mass is 9.97. The van der Waals surface area contributed by atoms with Crippen LogP contribution in [-0.2, 0) is 14.8 Å². The highest BCUT2D eigenvalue weighted by Crippen LogP contribution is 2.23. The number of benzene rings is 2. The fourth-order valence-electron chi connectivity index (χ4n) is 3.50. The van der Waals surface area contributed by atoms with E-state index in [4.69, 9.17) is 4.74 Å². The Bertz CT molecular complexity index is 956. The molecule has 1 atom stereocenters. The first-order valence-corrected chi connectivity index (χ1v) is 12.0. The molecular weight excluding hydrogens is 400 g/mol. The van der Waals surface area contributed by atoms with Crippen LogP contribution < -0.4 is 14.4 Å². The van der Waals surface area contributed by atoms with Crippen molar-refractivity contribution in [2.75, 3.05) is 24.2 Å². The minimum atomic E-state index is -3.46. The topological polar surface area (TPSA) is 75.7 Å². The minimum Gasteiger partial charge on any atom is -0.497 e. The van der Waals surface area contributed by atoms with Gasteiger partial charge in [-0.1, -0.05) is 30.7 Å². The van der Waals surface area contributed by atoms with E-state index in [9.17, 15) is 13.2 Å². The standard InChI is InChI=1S/C23H32N2O4S/c1-6-22(21-14-9-17(2)16-18(21)3)24-23(26)8-7-15-25(30(5,27)28)19-10-12-20(29-4)13-11-19/h9-14,16,22H,6-8,15H2,1-5H3,(H,24,26). The quantitative estimate of drug-likeness (QED) is 0.613. The van der Waals surface area contributed by atoms with Crippen molar-refractivity contribution in [1.82, 2.24) is 5.32 Å². The fourth-order valence-corrected chi connectivity index (χ4v) is 4.47. The number of sulfonamides is 1. The van der Waals surface area contributed by atoms with E-state index in [1.54, 1.807) is 31.4 Å². The summed E-state index contributed by atoms with van der Waals surface area (Å²) in [7, 11) is -1.90. The molecule has 1 unspecified atom stereocenters. The van der Waals surface area contributed by atoms with Gasteiger partial charge < -0.3 is 10.1 Å². The summed E-state index contributed by atoms with van der Waals surface area (Å²) < 4.78 is 30.9. The number of hydrogen-bond acceptors (Lipinski definition) is 4. The number of nitrogens with zero attached hydrogens (tertiary/aromatic N) is 1. The first kappa shape index (κ1) is 23.7. The average Bonchev–Trinajstić information content (AvgIpc) is 2.69. The van der Waals surface area contributed by atoms with Gasteiger partial charge in [-0.25, -0.2) is 8.42 Å². The number of aryl methyl sites for hydroxylation is 2. The summed E-state index contributed by atoms with van der Waals surface area (Å²) in [6.45, 7) is 6.38. The van der Waals surface area contributed by atoms with Crippen LogP contribution >= 0.6 is 0 Å². The minimum absolute atomic E-state index is 0.0503. The number of anilines is 1. The second-order valence-corrected chi connectivity index (χ2v) is 9.43. The van der Waals surface area contributed by atoms with Gasteiger partial charge in [-0.05, 0) is 62.1 Å². The number of ether oxygens (including phenoxy) is 1. The van der Waals surface area contributed by atoms with Crippen LogP contribution in [0.3, 0.4) is 0 Å². The Balaban J connectivity index is 1.99. The van der Waals surface area contributed by atoms with Crippen molar-refractivity contribution in [1.29, 1.82) is 0 Å². The Morgan fingerprint density at radius 3 is 2.33 bits per heavy atom. The molecule has 0 aliphatic rings. The van der Waals surface area contributed by atoms with Crippen LogP contribution in [0.1, 0.15) is 48.9 Å². The summed E-state index contributed by atoms with van der Waals surface area (Å²) in [4.78, 5) is 12.5. The zero-order valence-electron chi connectivity index (χ0n) is 18.4. The van der Waals surface area contributed by atoms with Gasteiger partial charge in [0.15, 0.2) is 0 Å². The Morgan fingerprint density at radius 2 is 1.80 bits per heavy atom. The first-order chi connectivity index (χ1) is 14.2. The molecule has 6 nitrogen and oxygen atoms in total. The van der Waals surface area contributed by atoms with E-state index >= 15 is 0 Å². The van der Waals surface area contributed by atoms with Crippen LogP contribution in [0.25, 0.3) is 0 Å². The summed E-state index contributed by atoms with van der Waals surface area (Å²) in [6.07, 6.45) is 2.64. The zero-order chi connectivity index (χ0) is 22.3. The summed E-state index contributed by atoms with van der Waals surface area (Å²) >= 11 is 0. The molecule has 7 heteroatoms. The van der Waals surface area contributed by atoms with Crippen LogP contribution in [0.2, 0.25) is 0 Å². The molecule has 0 heterocycles. The maximum atomic E-state index is 12.5. The number of carbonyl (C=O) groups is 1. The number of carbonyl (C=O) groups excluding carboxylic acids is 1. The summed E-state index contributed by atoms with van der Waals surface area (Å²) in [5.74, 6) is 0.577. The van der Waals surface area contributed by atoms with Crippen LogP contribution in [-0.4, -0.2) is 34.2 Å². The van der Waals surface area contributed by atoms with Crippen molar-refractivity contribution in [3.8, 4) is 5.75 Å². The molecule has 0 aliphatic carbocycles. The fraction of sp³-hybridized carbons (Fsp3) is 0.435. The number of amides is 1. The van der Waals surface area contributed by atoms with Gasteiger partial charge in [0.1, 0.15) is 5.75 Å². The lowest BCUT2D eigenvalue weighted by Gasteiger charge is -2.23. The molecule has 2 aromatic rings. The van der Waals surface area contributed by atoms with E-state index in [1.807, 2.05) is 13.8 Å². The number of rotatable bonds is 10. The summed E-state index contributed by atoms with van der Waals surface area (Å²) in [6, 6.07) is 13.0. The van der Waals surface area contributed by atoms with Crippen molar-refractivity contribution >= 4 is 21.6 Å². The predicted octanol–water partition coefficient (Wildman–Crippen LogP) is 4.13. The maximum absolute atomic E-state index is 12.5. The van der Waals surface area contributed by atoms with Crippen molar-refractivity contribution in [3.63, 3.8) is 0 Å². The highest BCUT2D eigenvalue weighted by Gasteiger charge is 2.19. The summed E-state index contributed by atoms with van der Waals surface area (Å²) in [5, 5.41) is 3.09. The normalized spacial score (nSPS) is 12.3. The molecule has 30 heavy (non-hydrogen) atoms. The molecular formula is C23H32N2O4S. The molecule has 1 amide bonds. The lowest BCUT2D eigenvalue weighted by Crippen LogP contribution is -2.33. The largest absolute Gasteiger partial charge is 0.497 e. The second kappa shape index (κ2) is 10.5. The Kier molecular flexibility index (Phi) is 8.29. The molecule has 2 rings (SSSR count). The van der Waals surface area contributed by atoms with Crippen LogP contribution in [0.15, 0.2) is 42.5 Å². The molecule has 0 radical (unpaired) electrons. The van der Waals surface area contributed by atoms with Crippen LogP contribution in [0.4, 0.5) is 5.69 Å².